The van der Waals surface area contributed by atoms with Gasteiger partial charge in [-0.1, -0.05) is 57.2 Å². The predicted octanol–water partition coefficient (Wildman–Crippen LogP) is 5.19. The molecule has 3 rings (SSSR count). The SMILES string of the molecule is C=CCOC(=O)N1C[C@H](O[Si](C)(C)C(C)(C)C)C[C@H]1C(Cl)=CCN1C(=O)c2ccccc2C1=O. The first-order chi connectivity index (χ1) is 15.9. The number of carbonyl (C=O) groups is 3. The fourth-order valence-electron chi connectivity index (χ4n) is 3.87. The Labute approximate surface area is 207 Å². The number of benzene rings is 1. The molecule has 7 nitrogen and oxygen atoms in total. The Morgan fingerprint density at radius 1 is 1.21 bits per heavy atom. The maximum absolute atomic E-state index is 12.7. The molecule has 184 valence electrons. The summed E-state index contributed by atoms with van der Waals surface area (Å²) in [4.78, 5) is 40.8. The lowest BCUT2D eigenvalue weighted by Crippen LogP contribution is -2.44. The standard InChI is InChI=1S/C25H33ClN2O5Si/c1-7-14-32-24(31)28-16-17(33-34(5,6)25(2,3)4)15-21(28)20(26)12-13-27-22(29)18-10-8-9-11-19(18)23(27)30/h7-12,17,21H,1,13-16H2,2-6H3/t17-,21+/m1/s1. The number of hydrogen-bond acceptors (Lipinski definition) is 5. The molecule has 1 aromatic rings. The van der Waals surface area contributed by atoms with Crippen LogP contribution in [0.2, 0.25) is 18.1 Å². The van der Waals surface area contributed by atoms with Crippen LogP contribution in [0.15, 0.2) is 48.0 Å². The number of carbonyl (C=O) groups excluding carboxylic acids is 3. The van der Waals surface area contributed by atoms with Crippen LogP contribution in [-0.4, -0.2) is 67.9 Å². The van der Waals surface area contributed by atoms with Gasteiger partial charge in [-0.3, -0.25) is 19.4 Å². The molecule has 3 amide bonds. The second kappa shape index (κ2) is 10.1. The first-order valence-electron chi connectivity index (χ1n) is 11.4. The molecule has 0 spiro atoms. The van der Waals surface area contributed by atoms with E-state index in [2.05, 4.69) is 40.4 Å². The quantitative estimate of drug-likeness (QED) is 0.290. The molecule has 0 radical (unpaired) electrons. The normalized spacial score (nSPS) is 21.2. The van der Waals surface area contributed by atoms with E-state index >= 15 is 0 Å². The summed E-state index contributed by atoms with van der Waals surface area (Å²) in [5.41, 5.74) is 0.769. The number of rotatable bonds is 7. The van der Waals surface area contributed by atoms with Gasteiger partial charge in [-0.15, -0.1) is 0 Å². The molecule has 0 aromatic heterocycles. The molecule has 0 aliphatic carbocycles. The van der Waals surface area contributed by atoms with Crippen molar-refractivity contribution in [1.29, 1.82) is 0 Å². The zero-order chi connectivity index (χ0) is 25.3. The van der Waals surface area contributed by atoms with Crippen molar-refractivity contribution in [3.05, 3.63) is 59.2 Å². The van der Waals surface area contributed by atoms with E-state index in [4.69, 9.17) is 20.8 Å². The van der Waals surface area contributed by atoms with E-state index in [9.17, 15) is 14.4 Å². The van der Waals surface area contributed by atoms with Crippen molar-refractivity contribution in [3.8, 4) is 0 Å². The molecule has 2 atom stereocenters. The number of imide groups is 1. The van der Waals surface area contributed by atoms with E-state index < -0.39 is 20.5 Å². The van der Waals surface area contributed by atoms with E-state index in [0.717, 1.165) is 4.90 Å². The average molecular weight is 505 g/mol. The zero-order valence-corrected chi connectivity index (χ0v) is 22.2. The number of amides is 3. The molecule has 2 aliphatic heterocycles. The van der Waals surface area contributed by atoms with E-state index in [1.165, 1.54) is 6.08 Å². The molecular weight excluding hydrogens is 472 g/mol. The van der Waals surface area contributed by atoms with Crippen molar-refractivity contribution in [2.75, 3.05) is 19.7 Å². The second-order valence-corrected chi connectivity index (χ2v) is 15.3. The summed E-state index contributed by atoms with van der Waals surface area (Å²) >= 11 is 6.67. The van der Waals surface area contributed by atoms with Crippen LogP contribution in [0.3, 0.4) is 0 Å². The molecular formula is C25H33ClN2O5Si. The van der Waals surface area contributed by atoms with Crippen LogP contribution in [0.5, 0.6) is 0 Å². The first-order valence-corrected chi connectivity index (χ1v) is 14.7. The third-order valence-electron chi connectivity index (χ3n) is 6.75. The van der Waals surface area contributed by atoms with Gasteiger partial charge in [0.25, 0.3) is 11.8 Å². The number of halogens is 1. The Morgan fingerprint density at radius 2 is 1.79 bits per heavy atom. The summed E-state index contributed by atoms with van der Waals surface area (Å²) in [5.74, 6) is -0.705. The molecule has 1 fully saturated rings. The third kappa shape index (κ3) is 5.29. The Kier molecular flexibility index (Phi) is 7.74. The highest BCUT2D eigenvalue weighted by molar-refractivity contribution is 6.74. The van der Waals surface area contributed by atoms with Crippen LogP contribution >= 0.6 is 11.6 Å². The molecule has 2 aliphatic rings. The Bertz CT molecular complexity index is 982. The highest BCUT2D eigenvalue weighted by Crippen LogP contribution is 2.40. The van der Waals surface area contributed by atoms with Crippen molar-refractivity contribution in [1.82, 2.24) is 9.80 Å². The summed E-state index contributed by atoms with van der Waals surface area (Å²) < 4.78 is 11.8. The van der Waals surface area contributed by atoms with Crippen LogP contribution in [0.4, 0.5) is 4.79 Å². The fourth-order valence-corrected chi connectivity index (χ4v) is 5.51. The molecule has 0 N–H and O–H groups in total. The molecule has 0 unspecified atom stereocenters. The van der Waals surface area contributed by atoms with Gasteiger partial charge in [0.1, 0.15) is 6.61 Å². The van der Waals surface area contributed by atoms with Crippen LogP contribution in [0, 0.1) is 0 Å². The Balaban J connectivity index is 1.77. The van der Waals surface area contributed by atoms with Crippen molar-refractivity contribution in [3.63, 3.8) is 0 Å². The predicted molar refractivity (Wildman–Crippen MR) is 134 cm³/mol. The summed E-state index contributed by atoms with van der Waals surface area (Å²) in [6, 6.07) is 6.26. The molecule has 2 heterocycles. The minimum absolute atomic E-state index is 0.0182. The Hall–Kier alpha value is -2.42. The van der Waals surface area contributed by atoms with Gasteiger partial charge >= 0.3 is 6.09 Å². The zero-order valence-electron chi connectivity index (χ0n) is 20.5. The van der Waals surface area contributed by atoms with Crippen molar-refractivity contribution in [2.24, 2.45) is 0 Å². The van der Waals surface area contributed by atoms with E-state index in [-0.39, 0.29) is 36.1 Å². The van der Waals surface area contributed by atoms with E-state index in [1.54, 1.807) is 35.2 Å². The average Bonchev–Trinajstić information content (AvgIpc) is 3.29. The van der Waals surface area contributed by atoms with E-state index in [1.807, 2.05) is 0 Å². The first kappa shape index (κ1) is 26.2. The summed E-state index contributed by atoms with van der Waals surface area (Å²) in [5, 5.41) is 0.387. The van der Waals surface area contributed by atoms with Gasteiger partial charge in [0.15, 0.2) is 8.32 Å². The number of nitrogens with zero attached hydrogens (tertiary/aromatic N) is 2. The van der Waals surface area contributed by atoms with Crippen LogP contribution in [0.25, 0.3) is 0 Å². The number of ether oxygens (including phenoxy) is 1. The van der Waals surface area contributed by atoms with Gasteiger partial charge in [0.2, 0.25) is 0 Å². The summed E-state index contributed by atoms with van der Waals surface area (Å²) in [6.45, 7) is 14.9. The molecule has 0 saturated carbocycles. The smallest absolute Gasteiger partial charge is 0.410 e. The Morgan fingerprint density at radius 3 is 2.32 bits per heavy atom. The van der Waals surface area contributed by atoms with Gasteiger partial charge < -0.3 is 9.16 Å². The molecule has 0 bridgehead atoms. The van der Waals surface area contributed by atoms with Crippen molar-refractivity contribution < 1.29 is 23.5 Å². The molecule has 1 aromatic carbocycles. The van der Waals surface area contributed by atoms with E-state index in [0.29, 0.717) is 29.1 Å². The molecule has 34 heavy (non-hydrogen) atoms. The molecule has 9 heteroatoms. The second-order valence-electron chi connectivity index (χ2n) is 10.1. The topological polar surface area (TPSA) is 76.2 Å². The lowest BCUT2D eigenvalue weighted by molar-refractivity contribution is 0.0671. The minimum atomic E-state index is -2.07. The number of likely N-dealkylation sites (tertiary alicyclic amines) is 1. The van der Waals surface area contributed by atoms with Crippen molar-refractivity contribution in [2.45, 2.75) is 57.5 Å². The van der Waals surface area contributed by atoms with Crippen LogP contribution in [-0.2, 0) is 9.16 Å². The van der Waals surface area contributed by atoms with Crippen LogP contribution in [0.1, 0.15) is 47.9 Å². The molecule has 1 saturated heterocycles. The van der Waals surface area contributed by atoms with Crippen molar-refractivity contribution >= 4 is 37.8 Å². The number of hydrogen-bond donors (Lipinski definition) is 0. The highest BCUT2D eigenvalue weighted by Gasteiger charge is 2.45. The largest absolute Gasteiger partial charge is 0.445 e. The van der Waals surface area contributed by atoms with Gasteiger partial charge in [-0.25, -0.2) is 4.79 Å². The summed E-state index contributed by atoms with van der Waals surface area (Å²) in [7, 11) is -2.07. The lowest BCUT2D eigenvalue weighted by atomic mass is 10.1. The van der Waals surface area contributed by atoms with Gasteiger partial charge in [-0.2, -0.15) is 0 Å². The monoisotopic (exact) mass is 504 g/mol. The van der Waals surface area contributed by atoms with Crippen LogP contribution < -0.4 is 0 Å². The van der Waals surface area contributed by atoms with Gasteiger partial charge in [0, 0.05) is 18.1 Å². The maximum atomic E-state index is 12.7. The summed E-state index contributed by atoms with van der Waals surface area (Å²) in [6.07, 6.45) is 2.94. The maximum Gasteiger partial charge on any atom is 0.410 e. The van der Waals surface area contributed by atoms with Gasteiger partial charge in [0.05, 0.1) is 23.3 Å². The minimum Gasteiger partial charge on any atom is -0.445 e. The highest BCUT2D eigenvalue weighted by atomic mass is 35.5. The third-order valence-corrected chi connectivity index (χ3v) is 11.7. The fraction of sp³-hybridized carbons (Fsp3) is 0.480. The number of fused-ring (bicyclic) bond motifs is 1. The lowest BCUT2D eigenvalue weighted by Gasteiger charge is -2.38. The van der Waals surface area contributed by atoms with Gasteiger partial charge in [-0.05, 0) is 42.8 Å².